The van der Waals surface area contributed by atoms with E-state index in [0.717, 1.165) is 25.6 Å². The lowest BCUT2D eigenvalue weighted by Gasteiger charge is -2.37. The molecule has 0 aliphatic carbocycles. The lowest BCUT2D eigenvalue weighted by atomic mass is 10.2. The number of nitro groups is 1. The first-order chi connectivity index (χ1) is 11.4. The quantitative estimate of drug-likeness (QED) is 0.627. The van der Waals surface area contributed by atoms with Crippen LogP contribution >= 0.6 is 0 Å². The van der Waals surface area contributed by atoms with Crippen molar-refractivity contribution in [3.63, 3.8) is 0 Å². The third kappa shape index (κ3) is 3.30. The number of hydrogen-bond acceptors (Lipinski definition) is 6. The van der Waals surface area contributed by atoms with Gasteiger partial charge in [0.2, 0.25) is 10.0 Å². The minimum Gasteiger partial charge on any atom is -0.315 e. The Morgan fingerprint density at radius 2 is 1.96 bits per heavy atom. The van der Waals surface area contributed by atoms with Gasteiger partial charge in [0, 0.05) is 50.9 Å². The molecule has 8 nitrogen and oxygen atoms in total. The van der Waals surface area contributed by atoms with E-state index in [1.807, 2.05) is 0 Å². The van der Waals surface area contributed by atoms with Crippen molar-refractivity contribution in [1.29, 1.82) is 0 Å². The van der Waals surface area contributed by atoms with Gasteiger partial charge < -0.3 is 5.32 Å². The highest BCUT2D eigenvalue weighted by Gasteiger charge is 2.33. The number of hydrogen-bond donors (Lipinski definition) is 1. The van der Waals surface area contributed by atoms with Crippen molar-refractivity contribution in [3.05, 3.63) is 33.9 Å². The summed E-state index contributed by atoms with van der Waals surface area (Å²) in [6.45, 7) is 5.85. The third-order valence-electron chi connectivity index (χ3n) is 4.82. The summed E-state index contributed by atoms with van der Waals surface area (Å²) in [6.07, 6.45) is 1.09. The van der Waals surface area contributed by atoms with Crippen molar-refractivity contribution in [2.45, 2.75) is 24.3 Å². The fraction of sp³-hybridized carbons (Fsp3) is 0.600. The summed E-state index contributed by atoms with van der Waals surface area (Å²) in [5, 5.41) is 14.3. The average molecular weight is 354 g/mol. The number of nitro benzene ring substituents is 1. The molecule has 0 radical (unpaired) electrons. The average Bonchev–Trinajstić information content (AvgIpc) is 3.09. The van der Waals surface area contributed by atoms with E-state index in [4.69, 9.17) is 0 Å². The Kier molecular flexibility index (Phi) is 4.86. The van der Waals surface area contributed by atoms with E-state index in [0.29, 0.717) is 37.8 Å². The molecule has 1 N–H and O–H groups in total. The van der Waals surface area contributed by atoms with Crippen LogP contribution in [0.3, 0.4) is 0 Å². The topological polar surface area (TPSA) is 95.8 Å². The van der Waals surface area contributed by atoms with Gasteiger partial charge in [-0.15, -0.1) is 0 Å². The zero-order valence-electron chi connectivity index (χ0n) is 13.6. The highest BCUT2D eigenvalue weighted by Crippen LogP contribution is 2.26. The van der Waals surface area contributed by atoms with Crippen LogP contribution < -0.4 is 5.32 Å². The van der Waals surface area contributed by atoms with Crippen molar-refractivity contribution in [3.8, 4) is 0 Å². The maximum atomic E-state index is 12.9. The summed E-state index contributed by atoms with van der Waals surface area (Å²) in [4.78, 5) is 12.7. The van der Waals surface area contributed by atoms with Crippen LogP contribution in [0.1, 0.15) is 12.0 Å². The molecule has 0 amide bonds. The number of rotatable bonds is 4. The summed E-state index contributed by atoms with van der Waals surface area (Å²) in [5.74, 6) is 0. The van der Waals surface area contributed by atoms with Crippen LogP contribution in [0.2, 0.25) is 0 Å². The van der Waals surface area contributed by atoms with E-state index in [9.17, 15) is 18.5 Å². The zero-order valence-corrected chi connectivity index (χ0v) is 14.5. The van der Waals surface area contributed by atoms with Gasteiger partial charge in [0.05, 0.1) is 9.82 Å². The zero-order chi connectivity index (χ0) is 17.3. The van der Waals surface area contributed by atoms with E-state index in [1.165, 1.54) is 16.4 Å². The van der Waals surface area contributed by atoms with Crippen LogP contribution in [0.5, 0.6) is 0 Å². The monoisotopic (exact) mass is 354 g/mol. The first-order valence-corrected chi connectivity index (χ1v) is 9.53. The molecule has 0 bridgehead atoms. The van der Waals surface area contributed by atoms with Gasteiger partial charge >= 0.3 is 0 Å². The molecule has 0 aromatic heterocycles. The molecule has 0 saturated carbocycles. The normalized spacial score (nSPS) is 23.5. The van der Waals surface area contributed by atoms with Crippen LogP contribution in [0.4, 0.5) is 5.69 Å². The molecule has 1 aromatic rings. The number of piperazine rings is 1. The summed E-state index contributed by atoms with van der Waals surface area (Å²) in [6, 6.07) is 4.47. The largest absolute Gasteiger partial charge is 0.315 e. The van der Waals surface area contributed by atoms with Crippen molar-refractivity contribution in [2.24, 2.45) is 0 Å². The standard InChI is InChI=1S/C15H22N4O4S/c1-12-2-3-13(19(20)21)10-15(12)24(22,23)18-8-6-17(7-9-18)14-4-5-16-11-14/h2-3,10,14,16H,4-9,11H2,1H3. The molecule has 1 unspecified atom stereocenters. The van der Waals surface area contributed by atoms with E-state index in [1.54, 1.807) is 6.92 Å². The molecule has 2 aliphatic rings. The maximum absolute atomic E-state index is 12.9. The second-order valence-electron chi connectivity index (χ2n) is 6.29. The predicted octanol–water partition coefficient (Wildman–Crippen LogP) is 0.571. The Balaban J connectivity index is 1.77. The van der Waals surface area contributed by atoms with Crippen molar-refractivity contribution >= 4 is 15.7 Å². The number of sulfonamides is 1. The second kappa shape index (κ2) is 6.75. The lowest BCUT2D eigenvalue weighted by Crippen LogP contribution is -2.52. The maximum Gasteiger partial charge on any atom is 0.270 e. The summed E-state index contributed by atoms with van der Waals surface area (Å²) >= 11 is 0. The molecule has 0 spiro atoms. The number of nitrogens with zero attached hydrogens (tertiary/aromatic N) is 3. The van der Waals surface area contributed by atoms with Crippen LogP contribution in [-0.2, 0) is 10.0 Å². The van der Waals surface area contributed by atoms with Gasteiger partial charge in [-0.3, -0.25) is 15.0 Å². The molecule has 3 rings (SSSR count). The molecule has 9 heteroatoms. The minimum absolute atomic E-state index is 0.0349. The number of benzene rings is 1. The fourth-order valence-electron chi connectivity index (χ4n) is 3.38. The van der Waals surface area contributed by atoms with Gasteiger partial charge in [-0.05, 0) is 25.5 Å². The van der Waals surface area contributed by atoms with Gasteiger partial charge in [0.25, 0.3) is 5.69 Å². The molecule has 132 valence electrons. The minimum atomic E-state index is -3.71. The molecule has 1 aromatic carbocycles. The Morgan fingerprint density at radius 1 is 1.25 bits per heavy atom. The van der Waals surface area contributed by atoms with Gasteiger partial charge in [0.1, 0.15) is 0 Å². The predicted molar refractivity (Wildman–Crippen MR) is 89.4 cm³/mol. The highest BCUT2D eigenvalue weighted by atomic mass is 32.2. The van der Waals surface area contributed by atoms with Crippen LogP contribution in [0.25, 0.3) is 0 Å². The highest BCUT2D eigenvalue weighted by molar-refractivity contribution is 7.89. The molecule has 2 fully saturated rings. The first kappa shape index (κ1) is 17.3. The molecule has 2 saturated heterocycles. The van der Waals surface area contributed by atoms with E-state index < -0.39 is 14.9 Å². The van der Waals surface area contributed by atoms with E-state index in [2.05, 4.69) is 10.2 Å². The van der Waals surface area contributed by atoms with Crippen LogP contribution in [-0.4, -0.2) is 67.9 Å². The van der Waals surface area contributed by atoms with Crippen molar-refractivity contribution in [1.82, 2.24) is 14.5 Å². The van der Waals surface area contributed by atoms with Crippen molar-refractivity contribution in [2.75, 3.05) is 39.3 Å². The Morgan fingerprint density at radius 3 is 2.54 bits per heavy atom. The molecular weight excluding hydrogens is 332 g/mol. The third-order valence-corrected chi connectivity index (χ3v) is 6.86. The number of non-ortho nitro benzene ring substituents is 1. The molecule has 2 heterocycles. The summed E-state index contributed by atoms with van der Waals surface area (Å²) in [7, 11) is -3.71. The molecular formula is C15H22N4O4S. The van der Waals surface area contributed by atoms with Crippen LogP contribution in [0.15, 0.2) is 23.1 Å². The smallest absolute Gasteiger partial charge is 0.270 e. The Hall–Kier alpha value is -1.55. The van der Waals surface area contributed by atoms with Gasteiger partial charge in [-0.25, -0.2) is 8.42 Å². The molecule has 2 aliphatic heterocycles. The van der Waals surface area contributed by atoms with Gasteiger partial charge in [-0.2, -0.15) is 4.31 Å². The summed E-state index contributed by atoms with van der Waals surface area (Å²) in [5.41, 5.74) is 0.331. The van der Waals surface area contributed by atoms with E-state index >= 15 is 0 Å². The van der Waals surface area contributed by atoms with Gasteiger partial charge in [0.15, 0.2) is 0 Å². The lowest BCUT2D eigenvalue weighted by molar-refractivity contribution is -0.385. The Labute approximate surface area is 141 Å². The van der Waals surface area contributed by atoms with E-state index in [-0.39, 0.29) is 10.6 Å². The molecule has 24 heavy (non-hydrogen) atoms. The molecule has 1 atom stereocenters. The number of nitrogens with one attached hydrogen (secondary N) is 1. The van der Waals surface area contributed by atoms with Crippen LogP contribution in [0, 0.1) is 17.0 Å². The SMILES string of the molecule is Cc1ccc([N+](=O)[O-])cc1S(=O)(=O)N1CCN(C2CCNC2)CC1. The second-order valence-corrected chi connectivity index (χ2v) is 8.20. The van der Waals surface area contributed by atoms with Gasteiger partial charge in [-0.1, -0.05) is 6.07 Å². The number of aryl methyl sites for hydroxylation is 1. The fourth-order valence-corrected chi connectivity index (χ4v) is 5.05. The van der Waals surface area contributed by atoms with Crippen molar-refractivity contribution < 1.29 is 13.3 Å². The summed E-state index contributed by atoms with van der Waals surface area (Å²) < 4.78 is 27.2. The first-order valence-electron chi connectivity index (χ1n) is 8.09. The Bertz CT molecular complexity index is 723.